The van der Waals surface area contributed by atoms with Crippen LogP contribution in [0.3, 0.4) is 0 Å². The molecule has 1 aliphatic heterocycles. The minimum atomic E-state index is -0.167. The van der Waals surface area contributed by atoms with Gasteiger partial charge in [-0.2, -0.15) is 0 Å². The summed E-state index contributed by atoms with van der Waals surface area (Å²) in [5.41, 5.74) is 6.64. The zero-order chi connectivity index (χ0) is 20.9. The lowest BCUT2D eigenvalue weighted by molar-refractivity contribution is -0.123. The standard InChI is InChI=1S/C22H37N5O2.HI/c1-18(16-29-17-19-8-4-3-5-9-19)14-26-22(24-2)25-11-7-13-27-12-6-10-20(15-27)21(23)28;/h3-5,8-9,18,20H,6-7,10-17H2,1-2H3,(H2,23,28)(H2,24,25,26);1H. The molecule has 2 atom stereocenters. The number of hydrogen-bond acceptors (Lipinski definition) is 4. The molecule has 0 aromatic heterocycles. The molecule has 0 spiro atoms. The average molecular weight is 531 g/mol. The van der Waals surface area contributed by atoms with E-state index < -0.39 is 0 Å². The Hall–Kier alpha value is -1.39. The predicted octanol–water partition coefficient (Wildman–Crippen LogP) is 2.21. The number of aliphatic imine (C=N–C) groups is 1. The first-order valence-electron chi connectivity index (χ1n) is 10.7. The molecule has 1 aromatic rings. The molecule has 1 fully saturated rings. The maximum atomic E-state index is 11.4. The highest BCUT2D eigenvalue weighted by molar-refractivity contribution is 14.0. The zero-order valence-electron chi connectivity index (χ0n) is 18.3. The monoisotopic (exact) mass is 531 g/mol. The van der Waals surface area contributed by atoms with E-state index in [0.717, 1.165) is 57.9 Å². The summed E-state index contributed by atoms with van der Waals surface area (Å²) in [5, 5.41) is 6.72. The third-order valence-corrected chi connectivity index (χ3v) is 5.21. The Kier molecular flexibility index (Phi) is 13.7. The fourth-order valence-electron chi connectivity index (χ4n) is 3.50. The van der Waals surface area contributed by atoms with E-state index in [1.165, 1.54) is 5.56 Å². The molecule has 0 radical (unpaired) electrons. The second-order valence-electron chi connectivity index (χ2n) is 7.88. The summed E-state index contributed by atoms with van der Waals surface area (Å²) in [7, 11) is 1.79. The highest BCUT2D eigenvalue weighted by Gasteiger charge is 2.23. The van der Waals surface area contributed by atoms with Gasteiger partial charge in [0.25, 0.3) is 0 Å². The molecule has 1 saturated heterocycles. The van der Waals surface area contributed by atoms with Gasteiger partial charge in [0.05, 0.1) is 19.1 Å². The van der Waals surface area contributed by atoms with Crippen molar-refractivity contribution in [2.24, 2.45) is 22.6 Å². The van der Waals surface area contributed by atoms with Crippen LogP contribution in [0.5, 0.6) is 0 Å². The number of nitrogens with zero attached hydrogens (tertiary/aromatic N) is 2. The summed E-state index contributed by atoms with van der Waals surface area (Å²) in [6.07, 6.45) is 2.98. The van der Waals surface area contributed by atoms with E-state index in [1.807, 2.05) is 18.2 Å². The molecule has 2 unspecified atom stereocenters. The van der Waals surface area contributed by atoms with Gasteiger partial charge in [-0.3, -0.25) is 9.79 Å². The lowest BCUT2D eigenvalue weighted by Crippen LogP contribution is -2.43. The molecule has 30 heavy (non-hydrogen) atoms. The van der Waals surface area contributed by atoms with Crippen LogP contribution in [0.2, 0.25) is 0 Å². The van der Waals surface area contributed by atoms with Crippen LogP contribution in [0.15, 0.2) is 35.3 Å². The summed E-state index contributed by atoms with van der Waals surface area (Å²) < 4.78 is 5.80. The maximum Gasteiger partial charge on any atom is 0.221 e. The van der Waals surface area contributed by atoms with E-state index in [9.17, 15) is 4.79 Å². The number of benzene rings is 1. The quantitative estimate of drug-likeness (QED) is 0.176. The van der Waals surface area contributed by atoms with Crippen molar-refractivity contribution < 1.29 is 9.53 Å². The van der Waals surface area contributed by atoms with Crippen LogP contribution in [0, 0.1) is 11.8 Å². The Morgan fingerprint density at radius 3 is 2.80 bits per heavy atom. The number of halogens is 1. The molecule has 170 valence electrons. The van der Waals surface area contributed by atoms with Gasteiger partial charge in [-0.05, 0) is 43.8 Å². The molecular formula is C22H38IN5O2. The number of nitrogens with two attached hydrogens (primary N) is 1. The van der Waals surface area contributed by atoms with Gasteiger partial charge in [-0.15, -0.1) is 24.0 Å². The Morgan fingerprint density at radius 1 is 1.33 bits per heavy atom. The zero-order valence-corrected chi connectivity index (χ0v) is 20.6. The highest BCUT2D eigenvalue weighted by atomic mass is 127. The first-order chi connectivity index (χ1) is 14.1. The van der Waals surface area contributed by atoms with Crippen molar-refractivity contribution in [2.75, 3.05) is 46.4 Å². The summed E-state index contributed by atoms with van der Waals surface area (Å²) in [5.74, 6) is 1.04. The lowest BCUT2D eigenvalue weighted by Gasteiger charge is -2.31. The molecule has 7 nitrogen and oxygen atoms in total. The average Bonchev–Trinajstić information content (AvgIpc) is 2.74. The Balaban J connectivity index is 0.00000450. The van der Waals surface area contributed by atoms with Gasteiger partial charge in [0.1, 0.15) is 0 Å². The van der Waals surface area contributed by atoms with Crippen LogP contribution in [-0.2, 0) is 16.1 Å². The van der Waals surface area contributed by atoms with E-state index in [-0.39, 0.29) is 35.8 Å². The summed E-state index contributed by atoms with van der Waals surface area (Å²) >= 11 is 0. The lowest BCUT2D eigenvalue weighted by atomic mass is 9.97. The number of hydrogen-bond donors (Lipinski definition) is 3. The predicted molar refractivity (Wildman–Crippen MR) is 133 cm³/mol. The first kappa shape index (κ1) is 26.6. The van der Waals surface area contributed by atoms with Gasteiger partial charge >= 0.3 is 0 Å². The Morgan fingerprint density at radius 2 is 2.10 bits per heavy atom. The van der Waals surface area contributed by atoms with Gasteiger partial charge in [0, 0.05) is 26.7 Å². The summed E-state index contributed by atoms with van der Waals surface area (Å²) in [6, 6.07) is 10.2. The number of guanidine groups is 1. The minimum Gasteiger partial charge on any atom is -0.376 e. The van der Waals surface area contributed by atoms with Crippen LogP contribution < -0.4 is 16.4 Å². The van der Waals surface area contributed by atoms with E-state index in [4.69, 9.17) is 10.5 Å². The number of piperidine rings is 1. The first-order valence-corrected chi connectivity index (χ1v) is 10.7. The number of likely N-dealkylation sites (tertiary alicyclic amines) is 1. The topological polar surface area (TPSA) is 92.0 Å². The van der Waals surface area contributed by atoms with E-state index in [0.29, 0.717) is 19.1 Å². The molecule has 1 aliphatic rings. The van der Waals surface area contributed by atoms with Crippen LogP contribution in [-0.4, -0.2) is 63.1 Å². The molecule has 0 bridgehead atoms. The largest absolute Gasteiger partial charge is 0.376 e. The van der Waals surface area contributed by atoms with Crippen molar-refractivity contribution in [3.63, 3.8) is 0 Å². The molecule has 1 heterocycles. The number of rotatable bonds is 11. The summed E-state index contributed by atoms with van der Waals surface area (Å²) in [6.45, 7) is 7.98. The molecule has 0 saturated carbocycles. The molecular weight excluding hydrogens is 493 g/mol. The molecule has 1 amide bonds. The molecule has 4 N–H and O–H groups in total. The van der Waals surface area contributed by atoms with Crippen molar-refractivity contribution in [3.8, 4) is 0 Å². The normalized spacial score (nSPS) is 18.3. The number of nitrogens with one attached hydrogen (secondary N) is 2. The number of amides is 1. The number of carbonyl (C=O) groups is 1. The van der Waals surface area contributed by atoms with Gasteiger partial charge in [-0.1, -0.05) is 37.3 Å². The van der Waals surface area contributed by atoms with Gasteiger partial charge in [-0.25, -0.2) is 0 Å². The van der Waals surface area contributed by atoms with Crippen LogP contribution in [0.1, 0.15) is 31.7 Å². The fourth-order valence-corrected chi connectivity index (χ4v) is 3.50. The summed E-state index contributed by atoms with van der Waals surface area (Å²) in [4.78, 5) is 18.0. The van der Waals surface area contributed by atoms with Crippen molar-refractivity contribution in [3.05, 3.63) is 35.9 Å². The van der Waals surface area contributed by atoms with Gasteiger partial charge in [0.2, 0.25) is 5.91 Å². The van der Waals surface area contributed by atoms with Crippen molar-refractivity contribution in [1.82, 2.24) is 15.5 Å². The SMILES string of the molecule is CN=C(NCCCN1CCCC(C(N)=O)C1)NCC(C)COCc1ccccc1.I. The van der Waals surface area contributed by atoms with Crippen molar-refractivity contribution >= 4 is 35.8 Å². The van der Waals surface area contributed by atoms with Crippen LogP contribution in [0.25, 0.3) is 0 Å². The molecule has 2 rings (SSSR count). The second-order valence-corrected chi connectivity index (χ2v) is 7.88. The fraction of sp³-hybridized carbons (Fsp3) is 0.636. The van der Waals surface area contributed by atoms with Crippen LogP contribution >= 0.6 is 24.0 Å². The molecule has 1 aromatic carbocycles. The Bertz CT molecular complexity index is 629. The van der Waals surface area contributed by atoms with E-state index in [1.54, 1.807) is 7.05 Å². The number of primary amides is 1. The van der Waals surface area contributed by atoms with Crippen LogP contribution in [0.4, 0.5) is 0 Å². The number of ether oxygens (including phenoxy) is 1. The number of carbonyl (C=O) groups excluding carboxylic acids is 1. The highest BCUT2D eigenvalue weighted by Crippen LogP contribution is 2.15. The second kappa shape index (κ2) is 15.4. The third-order valence-electron chi connectivity index (χ3n) is 5.21. The Labute approximate surface area is 198 Å². The minimum absolute atomic E-state index is 0. The maximum absolute atomic E-state index is 11.4. The van der Waals surface area contributed by atoms with Crippen molar-refractivity contribution in [1.29, 1.82) is 0 Å². The van der Waals surface area contributed by atoms with Gasteiger partial charge < -0.3 is 26.0 Å². The molecule has 8 heteroatoms. The third kappa shape index (κ3) is 10.6. The van der Waals surface area contributed by atoms with E-state index >= 15 is 0 Å². The van der Waals surface area contributed by atoms with Gasteiger partial charge in [0.15, 0.2) is 5.96 Å². The van der Waals surface area contributed by atoms with E-state index in [2.05, 4.69) is 39.6 Å². The van der Waals surface area contributed by atoms with Crippen molar-refractivity contribution in [2.45, 2.75) is 32.8 Å². The molecule has 0 aliphatic carbocycles. The smallest absolute Gasteiger partial charge is 0.221 e.